The zero-order chi connectivity index (χ0) is 17.3. The molecule has 0 saturated heterocycles. The Morgan fingerprint density at radius 1 is 1.24 bits per heavy atom. The van der Waals surface area contributed by atoms with Gasteiger partial charge in [-0.05, 0) is 24.1 Å². The fourth-order valence-electron chi connectivity index (χ4n) is 3.32. The standard InChI is InChI=1S/C20H18ClNO3/c21-16-6-7-17-18(12-16)25-14-20(17)8-10-22(11-9-20)19(23)24-13-15-4-2-1-3-5-15/h1-8,10,12H,9,11,13-14H2. The Bertz CT molecular complexity index is 821. The summed E-state index contributed by atoms with van der Waals surface area (Å²) in [6, 6.07) is 15.4. The first-order valence-electron chi connectivity index (χ1n) is 8.26. The Kier molecular flexibility index (Phi) is 4.14. The minimum Gasteiger partial charge on any atom is -0.492 e. The van der Waals surface area contributed by atoms with Crippen LogP contribution < -0.4 is 4.74 Å². The van der Waals surface area contributed by atoms with Gasteiger partial charge in [0.15, 0.2) is 0 Å². The molecular formula is C20H18ClNO3. The second kappa shape index (κ2) is 6.45. The summed E-state index contributed by atoms with van der Waals surface area (Å²) >= 11 is 6.03. The topological polar surface area (TPSA) is 38.8 Å². The molecule has 0 radical (unpaired) electrons. The van der Waals surface area contributed by atoms with Gasteiger partial charge in [-0.25, -0.2) is 4.79 Å². The highest BCUT2D eigenvalue weighted by molar-refractivity contribution is 6.30. The zero-order valence-corrected chi connectivity index (χ0v) is 14.4. The summed E-state index contributed by atoms with van der Waals surface area (Å²) in [5.41, 5.74) is 1.92. The van der Waals surface area contributed by atoms with Gasteiger partial charge in [0.2, 0.25) is 0 Å². The summed E-state index contributed by atoms with van der Waals surface area (Å²) in [4.78, 5) is 13.9. The Morgan fingerprint density at radius 3 is 2.84 bits per heavy atom. The van der Waals surface area contributed by atoms with Crippen LogP contribution in [-0.2, 0) is 16.8 Å². The minimum atomic E-state index is -0.329. The first-order chi connectivity index (χ1) is 12.2. The summed E-state index contributed by atoms with van der Waals surface area (Å²) in [5, 5.41) is 0.668. The van der Waals surface area contributed by atoms with E-state index >= 15 is 0 Å². The Hall–Kier alpha value is -2.46. The van der Waals surface area contributed by atoms with E-state index in [0.29, 0.717) is 18.2 Å². The van der Waals surface area contributed by atoms with Crippen molar-refractivity contribution < 1.29 is 14.3 Å². The number of amides is 1. The maximum absolute atomic E-state index is 12.3. The van der Waals surface area contributed by atoms with Crippen LogP contribution in [0.3, 0.4) is 0 Å². The van der Waals surface area contributed by atoms with Crippen LogP contribution in [0.2, 0.25) is 5.02 Å². The first kappa shape index (κ1) is 16.0. The third kappa shape index (κ3) is 3.10. The van der Waals surface area contributed by atoms with E-state index in [-0.39, 0.29) is 18.1 Å². The minimum absolute atomic E-state index is 0.184. The van der Waals surface area contributed by atoms with Crippen LogP contribution in [0.5, 0.6) is 5.75 Å². The van der Waals surface area contributed by atoms with Gasteiger partial charge in [-0.2, -0.15) is 0 Å². The molecule has 2 aliphatic heterocycles. The molecule has 128 valence electrons. The molecule has 0 aliphatic carbocycles. The number of halogens is 1. The van der Waals surface area contributed by atoms with Crippen molar-refractivity contribution in [1.82, 2.24) is 4.90 Å². The summed E-state index contributed by atoms with van der Waals surface area (Å²) in [7, 11) is 0. The van der Waals surface area contributed by atoms with Gasteiger partial charge < -0.3 is 9.47 Å². The Balaban J connectivity index is 1.44. The quantitative estimate of drug-likeness (QED) is 0.794. The van der Waals surface area contributed by atoms with Crippen molar-refractivity contribution in [3.8, 4) is 5.75 Å². The van der Waals surface area contributed by atoms with Gasteiger partial charge in [-0.15, -0.1) is 0 Å². The fraction of sp³-hybridized carbons (Fsp3) is 0.250. The van der Waals surface area contributed by atoms with Crippen molar-refractivity contribution >= 4 is 17.7 Å². The van der Waals surface area contributed by atoms with Crippen LogP contribution in [0.1, 0.15) is 17.5 Å². The normalized spacial score (nSPS) is 21.1. The predicted molar refractivity (Wildman–Crippen MR) is 95.7 cm³/mol. The van der Waals surface area contributed by atoms with Gasteiger partial charge in [0.1, 0.15) is 19.0 Å². The molecule has 0 N–H and O–H groups in total. The van der Waals surface area contributed by atoms with E-state index in [1.54, 1.807) is 4.90 Å². The van der Waals surface area contributed by atoms with E-state index in [0.717, 1.165) is 23.3 Å². The van der Waals surface area contributed by atoms with Gasteiger partial charge >= 0.3 is 6.09 Å². The highest BCUT2D eigenvalue weighted by Gasteiger charge is 2.41. The SMILES string of the molecule is O=C(OCc1ccccc1)N1C=CC2(CC1)COc1cc(Cl)ccc12. The van der Waals surface area contributed by atoms with Gasteiger partial charge in [0.25, 0.3) is 0 Å². The van der Waals surface area contributed by atoms with E-state index in [9.17, 15) is 4.79 Å². The highest BCUT2D eigenvalue weighted by atomic mass is 35.5. The second-order valence-electron chi connectivity index (χ2n) is 6.38. The molecule has 1 atom stereocenters. The largest absolute Gasteiger partial charge is 0.492 e. The molecular weight excluding hydrogens is 338 g/mol. The van der Waals surface area contributed by atoms with Gasteiger partial charge in [-0.1, -0.05) is 54.1 Å². The van der Waals surface area contributed by atoms with E-state index in [1.165, 1.54) is 0 Å². The van der Waals surface area contributed by atoms with Gasteiger partial charge in [0.05, 0.1) is 5.41 Å². The van der Waals surface area contributed by atoms with E-state index in [1.807, 2.05) is 60.8 Å². The van der Waals surface area contributed by atoms with Crippen molar-refractivity contribution in [2.75, 3.05) is 13.2 Å². The number of hydrogen-bond acceptors (Lipinski definition) is 3. The van der Waals surface area contributed by atoms with Gasteiger partial charge in [0, 0.05) is 23.3 Å². The van der Waals surface area contributed by atoms with Gasteiger partial charge in [-0.3, -0.25) is 4.90 Å². The molecule has 2 aromatic rings. The van der Waals surface area contributed by atoms with E-state index in [4.69, 9.17) is 21.1 Å². The molecule has 4 rings (SSSR count). The van der Waals surface area contributed by atoms with Crippen LogP contribution in [0.4, 0.5) is 4.79 Å². The lowest BCUT2D eigenvalue weighted by atomic mass is 9.78. The molecule has 0 fully saturated rings. The molecule has 5 heteroatoms. The molecule has 2 heterocycles. The number of carbonyl (C=O) groups is 1. The summed E-state index contributed by atoms with van der Waals surface area (Å²) in [6.07, 6.45) is 4.31. The maximum Gasteiger partial charge on any atom is 0.414 e. The average Bonchev–Trinajstić information content (AvgIpc) is 2.98. The molecule has 1 unspecified atom stereocenters. The number of rotatable bonds is 2. The van der Waals surface area contributed by atoms with E-state index < -0.39 is 0 Å². The van der Waals surface area contributed by atoms with Crippen LogP contribution in [0.25, 0.3) is 0 Å². The Morgan fingerprint density at radius 2 is 2.08 bits per heavy atom. The third-order valence-electron chi connectivity index (χ3n) is 4.78. The molecule has 4 nitrogen and oxygen atoms in total. The van der Waals surface area contributed by atoms with Crippen LogP contribution in [0.15, 0.2) is 60.8 Å². The fourth-order valence-corrected chi connectivity index (χ4v) is 3.48. The molecule has 2 aliphatic rings. The van der Waals surface area contributed by atoms with E-state index in [2.05, 4.69) is 0 Å². The monoisotopic (exact) mass is 355 g/mol. The molecule has 25 heavy (non-hydrogen) atoms. The number of carbonyl (C=O) groups excluding carboxylic acids is 1. The predicted octanol–water partition coefficient (Wildman–Crippen LogP) is 4.53. The number of benzene rings is 2. The molecule has 0 bridgehead atoms. The van der Waals surface area contributed by atoms with Crippen molar-refractivity contribution in [1.29, 1.82) is 0 Å². The Labute approximate surface area is 151 Å². The van der Waals surface area contributed by atoms with Crippen LogP contribution in [0, 0.1) is 0 Å². The van der Waals surface area contributed by atoms with Crippen molar-refractivity contribution in [2.24, 2.45) is 0 Å². The van der Waals surface area contributed by atoms with Crippen molar-refractivity contribution in [3.63, 3.8) is 0 Å². The molecule has 2 aromatic carbocycles. The van der Waals surface area contributed by atoms with Crippen molar-refractivity contribution in [2.45, 2.75) is 18.4 Å². The van der Waals surface area contributed by atoms with Crippen molar-refractivity contribution in [3.05, 3.63) is 77.0 Å². The average molecular weight is 356 g/mol. The molecule has 1 spiro atoms. The zero-order valence-electron chi connectivity index (χ0n) is 13.7. The summed E-state index contributed by atoms with van der Waals surface area (Å²) < 4.78 is 11.2. The number of ether oxygens (including phenoxy) is 2. The molecule has 0 saturated carbocycles. The lowest BCUT2D eigenvalue weighted by Gasteiger charge is -2.32. The number of nitrogens with zero attached hydrogens (tertiary/aromatic N) is 1. The second-order valence-corrected chi connectivity index (χ2v) is 6.82. The smallest absolute Gasteiger partial charge is 0.414 e. The molecule has 1 amide bonds. The highest BCUT2D eigenvalue weighted by Crippen LogP contribution is 2.44. The first-order valence-corrected chi connectivity index (χ1v) is 8.64. The lowest BCUT2D eigenvalue weighted by molar-refractivity contribution is 0.105. The van der Waals surface area contributed by atoms with Crippen LogP contribution >= 0.6 is 11.6 Å². The van der Waals surface area contributed by atoms with Crippen LogP contribution in [-0.4, -0.2) is 24.1 Å². The molecule has 0 aromatic heterocycles. The third-order valence-corrected chi connectivity index (χ3v) is 5.01. The number of fused-ring (bicyclic) bond motifs is 2. The maximum atomic E-state index is 12.3. The summed E-state index contributed by atoms with van der Waals surface area (Å²) in [6.45, 7) is 1.45. The lowest BCUT2D eigenvalue weighted by Crippen LogP contribution is -2.38. The summed E-state index contributed by atoms with van der Waals surface area (Å²) in [5.74, 6) is 0.831. The number of hydrogen-bond donors (Lipinski definition) is 0.